The lowest BCUT2D eigenvalue weighted by Crippen LogP contribution is -2.23. The Labute approximate surface area is 86.5 Å². The molecule has 1 aliphatic rings. The van der Waals surface area contributed by atoms with E-state index in [1.807, 2.05) is 4.90 Å². The molecule has 0 saturated carbocycles. The molecule has 1 aliphatic heterocycles. The highest BCUT2D eigenvalue weighted by Gasteiger charge is 2.23. The largest absolute Gasteiger partial charge is 0.394 e. The Hall–Kier alpha value is -1.07. The number of aromatic nitrogens is 2. The van der Waals surface area contributed by atoms with Crippen LogP contribution in [0.5, 0.6) is 0 Å². The van der Waals surface area contributed by atoms with Gasteiger partial charge in [-0.15, -0.1) is 0 Å². The van der Waals surface area contributed by atoms with E-state index < -0.39 is 0 Å². The van der Waals surface area contributed by atoms with Gasteiger partial charge in [0.2, 0.25) is 5.28 Å². The van der Waals surface area contributed by atoms with Gasteiger partial charge in [0.25, 0.3) is 0 Å². The average Bonchev–Trinajstić information content (AvgIpc) is 2.56. The van der Waals surface area contributed by atoms with Gasteiger partial charge in [0, 0.05) is 13.1 Å². The van der Waals surface area contributed by atoms with E-state index in [4.69, 9.17) is 17.3 Å². The van der Waals surface area contributed by atoms with Crippen molar-refractivity contribution in [3.63, 3.8) is 0 Å². The van der Waals surface area contributed by atoms with Crippen LogP contribution in [0.25, 0.3) is 0 Å². The number of halogens is 1. The van der Waals surface area contributed by atoms with E-state index in [2.05, 4.69) is 9.97 Å². The Bertz CT molecular complexity index is 346. The SMILES string of the molecule is Nc1cnc(Cl)nc1N1CCC(O)C1. The molecule has 6 heteroatoms. The molecule has 0 aromatic carbocycles. The van der Waals surface area contributed by atoms with Gasteiger partial charge in [-0.2, -0.15) is 4.98 Å². The molecule has 2 heterocycles. The molecule has 3 N–H and O–H groups in total. The van der Waals surface area contributed by atoms with Crippen LogP contribution in [0.2, 0.25) is 5.28 Å². The Morgan fingerprint density at radius 1 is 1.64 bits per heavy atom. The first-order chi connectivity index (χ1) is 6.66. The maximum atomic E-state index is 9.36. The highest BCUT2D eigenvalue weighted by Crippen LogP contribution is 2.24. The molecule has 1 saturated heterocycles. The van der Waals surface area contributed by atoms with Crippen molar-refractivity contribution in [3.8, 4) is 0 Å². The van der Waals surface area contributed by atoms with Crippen LogP contribution in [0.15, 0.2) is 6.20 Å². The summed E-state index contributed by atoms with van der Waals surface area (Å²) in [6, 6.07) is 0. The summed E-state index contributed by atoms with van der Waals surface area (Å²) in [5.41, 5.74) is 6.20. The lowest BCUT2D eigenvalue weighted by molar-refractivity contribution is 0.198. The van der Waals surface area contributed by atoms with Crippen LogP contribution in [0.4, 0.5) is 11.5 Å². The smallest absolute Gasteiger partial charge is 0.224 e. The van der Waals surface area contributed by atoms with Crippen molar-refractivity contribution in [1.29, 1.82) is 0 Å². The molecule has 2 rings (SSSR count). The standard InChI is InChI=1S/C8H11ClN4O/c9-8-11-3-6(10)7(12-8)13-2-1-5(14)4-13/h3,5,14H,1-2,4,10H2. The molecule has 5 nitrogen and oxygen atoms in total. The van der Waals surface area contributed by atoms with Crippen LogP contribution in [0.1, 0.15) is 6.42 Å². The van der Waals surface area contributed by atoms with E-state index >= 15 is 0 Å². The van der Waals surface area contributed by atoms with Crippen molar-refractivity contribution in [3.05, 3.63) is 11.5 Å². The van der Waals surface area contributed by atoms with Gasteiger partial charge >= 0.3 is 0 Å². The van der Waals surface area contributed by atoms with Crippen molar-refractivity contribution < 1.29 is 5.11 Å². The molecular weight excluding hydrogens is 204 g/mol. The molecule has 1 fully saturated rings. The van der Waals surface area contributed by atoms with Crippen LogP contribution < -0.4 is 10.6 Å². The monoisotopic (exact) mass is 214 g/mol. The zero-order valence-corrected chi connectivity index (χ0v) is 8.28. The summed E-state index contributed by atoms with van der Waals surface area (Å²) in [7, 11) is 0. The maximum absolute atomic E-state index is 9.36. The fraction of sp³-hybridized carbons (Fsp3) is 0.500. The van der Waals surface area contributed by atoms with Crippen molar-refractivity contribution >= 4 is 23.1 Å². The van der Waals surface area contributed by atoms with Crippen LogP contribution in [0, 0.1) is 0 Å². The first-order valence-electron chi connectivity index (χ1n) is 4.38. The summed E-state index contributed by atoms with van der Waals surface area (Å²) in [4.78, 5) is 9.71. The van der Waals surface area contributed by atoms with E-state index in [9.17, 15) is 5.11 Å². The highest BCUT2D eigenvalue weighted by atomic mass is 35.5. The number of aliphatic hydroxyl groups excluding tert-OH is 1. The van der Waals surface area contributed by atoms with Crippen LogP contribution in [-0.4, -0.2) is 34.3 Å². The van der Waals surface area contributed by atoms with E-state index in [0.29, 0.717) is 18.1 Å². The Morgan fingerprint density at radius 3 is 3.07 bits per heavy atom. The van der Waals surface area contributed by atoms with Gasteiger partial charge in [-0.3, -0.25) is 0 Å². The normalized spacial score (nSPS) is 21.6. The van der Waals surface area contributed by atoms with E-state index in [-0.39, 0.29) is 11.4 Å². The number of nitrogen functional groups attached to an aromatic ring is 1. The average molecular weight is 215 g/mol. The number of aliphatic hydroxyl groups is 1. The Kier molecular flexibility index (Phi) is 2.43. The summed E-state index contributed by atoms with van der Waals surface area (Å²) in [6.07, 6.45) is 1.92. The predicted molar refractivity (Wildman–Crippen MR) is 54.3 cm³/mol. The molecule has 1 aromatic rings. The molecule has 1 atom stereocenters. The third kappa shape index (κ3) is 1.73. The number of nitrogens with two attached hydrogens (primary N) is 1. The predicted octanol–water partition coefficient (Wildman–Crippen LogP) is 0.283. The van der Waals surface area contributed by atoms with Gasteiger partial charge in [0.15, 0.2) is 5.82 Å². The molecule has 0 radical (unpaired) electrons. The number of anilines is 2. The second kappa shape index (κ2) is 3.59. The molecule has 0 spiro atoms. The third-order valence-corrected chi connectivity index (χ3v) is 2.41. The molecule has 0 bridgehead atoms. The molecule has 0 aliphatic carbocycles. The van der Waals surface area contributed by atoms with Crippen LogP contribution in [0.3, 0.4) is 0 Å². The fourth-order valence-electron chi connectivity index (χ4n) is 1.55. The number of hydrogen-bond acceptors (Lipinski definition) is 5. The van der Waals surface area contributed by atoms with Crippen molar-refractivity contribution in [2.75, 3.05) is 23.7 Å². The number of hydrogen-bond donors (Lipinski definition) is 2. The number of β-amino-alcohol motifs (C(OH)–C–C–N with tert-alkyl or cyclic N) is 1. The quantitative estimate of drug-likeness (QED) is 0.657. The van der Waals surface area contributed by atoms with Gasteiger partial charge in [-0.1, -0.05) is 0 Å². The third-order valence-electron chi connectivity index (χ3n) is 2.23. The van der Waals surface area contributed by atoms with Gasteiger partial charge < -0.3 is 15.7 Å². The van der Waals surface area contributed by atoms with Crippen molar-refractivity contribution in [2.45, 2.75) is 12.5 Å². The second-order valence-electron chi connectivity index (χ2n) is 3.31. The zero-order chi connectivity index (χ0) is 10.1. The summed E-state index contributed by atoms with van der Waals surface area (Å²) in [5.74, 6) is 0.613. The van der Waals surface area contributed by atoms with Crippen molar-refractivity contribution in [2.24, 2.45) is 0 Å². The van der Waals surface area contributed by atoms with Crippen LogP contribution >= 0.6 is 11.6 Å². The van der Waals surface area contributed by atoms with E-state index in [1.165, 1.54) is 6.20 Å². The highest BCUT2D eigenvalue weighted by molar-refractivity contribution is 6.28. The topological polar surface area (TPSA) is 75.3 Å². The Morgan fingerprint density at radius 2 is 2.43 bits per heavy atom. The molecule has 1 aromatic heterocycles. The second-order valence-corrected chi connectivity index (χ2v) is 3.64. The lowest BCUT2D eigenvalue weighted by atomic mass is 10.3. The molecule has 14 heavy (non-hydrogen) atoms. The molecule has 76 valence electrons. The molecular formula is C8H11ClN4O. The number of rotatable bonds is 1. The van der Waals surface area contributed by atoms with Crippen molar-refractivity contribution in [1.82, 2.24) is 9.97 Å². The van der Waals surface area contributed by atoms with E-state index in [1.54, 1.807) is 0 Å². The van der Waals surface area contributed by atoms with Gasteiger partial charge in [-0.05, 0) is 18.0 Å². The maximum Gasteiger partial charge on any atom is 0.224 e. The lowest BCUT2D eigenvalue weighted by Gasteiger charge is -2.17. The molecule has 1 unspecified atom stereocenters. The summed E-state index contributed by atoms with van der Waals surface area (Å²) >= 11 is 5.66. The zero-order valence-electron chi connectivity index (χ0n) is 7.52. The van der Waals surface area contributed by atoms with Gasteiger partial charge in [-0.25, -0.2) is 4.98 Å². The van der Waals surface area contributed by atoms with Crippen LogP contribution in [-0.2, 0) is 0 Å². The first-order valence-corrected chi connectivity index (χ1v) is 4.75. The summed E-state index contributed by atoms with van der Waals surface area (Å²) in [5, 5.41) is 9.54. The fourth-order valence-corrected chi connectivity index (χ4v) is 1.68. The Balaban J connectivity index is 2.27. The molecule has 0 amide bonds. The number of nitrogens with zero attached hydrogens (tertiary/aromatic N) is 3. The van der Waals surface area contributed by atoms with E-state index in [0.717, 1.165) is 13.0 Å². The minimum Gasteiger partial charge on any atom is -0.394 e. The minimum absolute atomic E-state index is 0.176. The van der Waals surface area contributed by atoms with Gasteiger partial charge in [0.1, 0.15) is 0 Å². The minimum atomic E-state index is -0.303. The first kappa shape index (κ1) is 9.48. The summed E-state index contributed by atoms with van der Waals surface area (Å²) < 4.78 is 0. The summed E-state index contributed by atoms with van der Waals surface area (Å²) in [6.45, 7) is 1.30. The van der Waals surface area contributed by atoms with Gasteiger partial charge in [0.05, 0.1) is 18.0 Å².